The molecule has 2 heterocycles. The Morgan fingerprint density at radius 3 is 2.78 bits per heavy atom. The van der Waals surface area contributed by atoms with Gasteiger partial charge in [0.25, 0.3) is 0 Å². The molecule has 1 fully saturated rings. The number of halogens is 1. The third-order valence-corrected chi connectivity index (χ3v) is 3.54. The predicted molar refractivity (Wildman–Crippen MR) is 66.4 cm³/mol. The van der Waals surface area contributed by atoms with Gasteiger partial charge in [-0.15, -0.1) is 0 Å². The Labute approximate surface area is 104 Å². The highest BCUT2D eigenvalue weighted by Crippen LogP contribution is 2.30. The molecule has 1 N–H and O–H groups in total. The van der Waals surface area contributed by atoms with E-state index < -0.39 is 0 Å². The maximum Gasteiger partial charge on any atom is 0.166 e. The third-order valence-electron chi connectivity index (χ3n) is 3.54. The summed E-state index contributed by atoms with van der Waals surface area (Å²) in [5, 5.41) is 0.763. The minimum absolute atomic E-state index is 0.290. The van der Waals surface area contributed by atoms with Crippen molar-refractivity contribution in [2.24, 2.45) is 0 Å². The summed E-state index contributed by atoms with van der Waals surface area (Å²) < 4.78 is 19.3. The van der Waals surface area contributed by atoms with Crippen molar-refractivity contribution in [2.75, 3.05) is 13.2 Å². The van der Waals surface area contributed by atoms with Crippen LogP contribution in [0.15, 0.2) is 18.2 Å². The van der Waals surface area contributed by atoms with Crippen molar-refractivity contribution in [2.45, 2.75) is 18.8 Å². The van der Waals surface area contributed by atoms with E-state index in [9.17, 15) is 9.18 Å². The molecule has 3 nitrogen and oxygen atoms in total. The smallest absolute Gasteiger partial charge is 0.166 e. The van der Waals surface area contributed by atoms with E-state index in [4.69, 9.17) is 4.74 Å². The highest BCUT2D eigenvalue weighted by atomic mass is 19.1. The second kappa shape index (κ2) is 4.53. The highest BCUT2D eigenvalue weighted by Gasteiger charge is 2.18. The van der Waals surface area contributed by atoms with Gasteiger partial charge in [-0.2, -0.15) is 0 Å². The van der Waals surface area contributed by atoms with E-state index in [0.717, 1.165) is 37.0 Å². The molecular formula is C14H14FNO2. The Morgan fingerprint density at radius 1 is 1.28 bits per heavy atom. The number of H-pyrrole nitrogens is 1. The number of hydrogen-bond donors (Lipinski definition) is 1. The first-order valence-electron chi connectivity index (χ1n) is 6.13. The number of nitrogens with one attached hydrogen (secondary N) is 1. The van der Waals surface area contributed by atoms with Crippen molar-refractivity contribution >= 4 is 17.2 Å². The summed E-state index contributed by atoms with van der Waals surface area (Å²) in [4.78, 5) is 13.5. The van der Waals surface area contributed by atoms with Crippen molar-refractivity contribution in [3.8, 4) is 0 Å². The van der Waals surface area contributed by atoms with Gasteiger partial charge in [0.15, 0.2) is 6.29 Å². The second-order valence-corrected chi connectivity index (χ2v) is 4.70. The lowest BCUT2D eigenvalue weighted by molar-refractivity contribution is 0.0853. The van der Waals surface area contributed by atoms with Crippen molar-refractivity contribution in [1.82, 2.24) is 4.98 Å². The van der Waals surface area contributed by atoms with Crippen LogP contribution in [0, 0.1) is 5.82 Å². The molecular weight excluding hydrogens is 233 g/mol. The monoisotopic (exact) mass is 247 g/mol. The van der Waals surface area contributed by atoms with Crippen LogP contribution in [0.25, 0.3) is 10.9 Å². The number of fused-ring (bicyclic) bond motifs is 1. The minimum atomic E-state index is -0.290. The number of ether oxygens (including phenoxy) is 1. The molecule has 3 rings (SSSR count). The zero-order valence-corrected chi connectivity index (χ0v) is 9.91. The van der Waals surface area contributed by atoms with E-state index in [1.165, 1.54) is 0 Å². The molecule has 4 heteroatoms. The molecule has 0 aliphatic carbocycles. The van der Waals surface area contributed by atoms with E-state index in [0.29, 0.717) is 23.4 Å². The van der Waals surface area contributed by atoms with Crippen molar-refractivity contribution < 1.29 is 13.9 Å². The Hall–Kier alpha value is -1.68. The molecule has 94 valence electrons. The Kier molecular flexibility index (Phi) is 2.88. The number of benzene rings is 1. The van der Waals surface area contributed by atoms with Crippen LogP contribution in [0.1, 0.15) is 34.8 Å². The fourth-order valence-corrected chi connectivity index (χ4v) is 2.57. The molecule has 0 atom stereocenters. The normalized spacial score (nSPS) is 17.2. The number of carbonyl (C=O) groups excluding carboxylic acids is 1. The van der Waals surface area contributed by atoms with Gasteiger partial charge in [-0.25, -0.2) is 4.39 Å². The Balaban J connectivity index is 2.05. The summed E-state index contributed by atoms with van der Waals surface area (Å²) in [6.45, 7) is 1.47. The maximum absolute atomic E-state index is 14.0. The molecule has 1 aromatic carbocycles. The number of hydrogen-bond acceptors (Lipinski definition) is 2. The summed E-state index contributed by atoms with van der Waals surface area (Å²) >= 11 is 0. The maximum atomic E-state index is 14.0. The average Bonchev–Trinajstić information content (AvgIpc) is 2.83. The molecule has 0 bridgehead atoms. The van der Waals surface area contributed by atoms with Crippen molar-refractivity contribution in [3.05, 3.63) is 35.3 Å². The summed E-state index contributed by atoms with van der Waals surface area (Å²) in [7, 11) is 0. The lowest BCUT2D eigenvalue weighted by Gasteiger charge is -2.22. The van der Waals surface area contributed by atoms with Gasteiger partial charge in [-0.05, 0) is 42.5 Å². The van der Waals surface area contributed by atoms with Crippen LogP contribution in [0.3, 0.4) is 0 Å². The number of carbonyl (C=O) groups is 1. The van der Waals surface area contributed by atoms with Gasteiger partial charge in [0.2, 0.25) is 0 Å². The van der Waals surface area contributed by atoms with Crippen LogP contribution in [0.5, 0.6) is 0 Å². The SMILES string of the molecule is O=Cc1cc2cc(C3CCOCC3)cc(F)c2[nH]1. The Bertz CT molecular complexity index is 585. The zero-order chi connectivity index (χ0) is 12.5. The predicted octanol–water partition coefficient (Wildman–Crippen LogP) is 3.01. The van der Waals surface area contributed by atoms with Crippen molar-refractivity contribution in [3.63, 3.8) is 0 Å². The van der Waals surface area contributed by atoms with Crippen LogP contribution in [-0.4, -0.2) is 24.5 Å². The zero-order valence-electron chi connectivity index (χ0n) is 9.91. The van der Waals surface area contributed by atoms with E-state index in [1.54, 1.807) is 12.1 Å². The first kappa shape index (κ1) is 11.4. The van der Waals surface area contributed by atoms with E-state index in [-0.39, 0.29) is 5.82 Å². The third kappa shape index (κ3) is 1.93. The summed E-state index contributed by atoms with van der Waals surface area (Å²) in [5.74, 6) is 0.0642. The van der Waals surface area contributed by atoms with Gasteiger partial charge in [0.05, 0.1) is 11.2 Å². The van der Waals surface area contributed by atoms with Gasteiger partial charge in [-0.1, -0.05) is 0 Å². The van der Waals surface area contributed by atoms with Crippen LogP contribution >= 0.6 is 0 Å². The molecule has 0 saturated carbocycles. The van der Waals surface area contributed by atoms with E-state index in [2.05, 4.69) is 4.98 Å². The quantitative estimate of drug-likeness (QED) is 0.829. The molecule has 1 aliphatic rings. The summed E-state index contributed by atoms with van der Waals surface area (Å²) in [6, 6.07) is 5.23. The summed E-state index contributed by atoms with van der Waals surface area (Å²) in [6.07, 6.45) is 2.55. The summed E-state index contributed by atoms with van der Waals surface area (Å²) in [5.41, 5.74) is 1.82. The lowest BCUT2D eigenvalue weighted by atomic mass is 9.91. The Morgan fingerprint density at radius 2 is 2.06 bits per heavy atom. The van der Waals surface area contributed by atoms with E-state index >= 15 is 0 Å². The molecule has 1 aromatic heterocycles. The first-order chi connectivity index (χ1) is 8.78. The highest BCUT2D eigenvalue weighted by molar-refractivity contribution is 5.88. The van der Waals surface area contributed by atoms with Gasteiger partial charge in [0, 0.05) is 18.6 Å². The minimum Gasteiger partial charge on any atom is -0.381 e. The van der Waals surface area contributed by atoms with Crippen LogP contribution in [0.4, 0.5) is 4.39 Å². The topological polar surface area (TPSA) is 42.1 Å². The molecule has 0 spiro atoms. The molecule has 0 radical (unpaired) electrons. The molecule has 2 aromatic rings. The number of aldehydes is 1. The average molecular weight is 247 g/mol. The fourth-order valence-electron chi connectivity index (χ4n) is 2.57. The molecule has 18 heavy (non-hydrogen) atoms. The standard InChI is InChI=1S/C14H14FNO2/c15-13-7-10(9-1-3-18-4-2-9)5-11-6-12(8-17)16-14(11)13/h5-9,16H,1-4H2. The number of aromatic amines is 1. The van der Waals surface area contributed by atoms with Crippen LogP contribution < -0.4 is 0 Å². The lowest BCUT2D eigenvalue weighted by Crippen LogP contribution is -2.14. The van der Waals surface area contributed by atoms with Gasteiger partial charge in [-0.3, -0.25) is 4.79 Å². The van der Waals surface area contributed by atoms with Crippen molar-refractivity contribution in [1.29, 1.82) is 0 Å². The van der Waals surface area contributed by atoms with E-state index in [1.807, 2.05) is 6.07 Å². The van der Waals surface area contributed by atoms with Gasteiger partial charge >= 0.3 is 0 Å². The molecule has 0 unspecified atom stereocenters. The number of rotatable bonds is 2. The fraction of sp³-hybridized carbons (Fsp3) is 0.357. The van der Waals surface area contributed by atoms with Gasteiger partial charge < -0.3 is 9.72 Å². The molecule has 1 saturated heterocycles. The molecule has 1 aliphatic heterocycles. The second-order valence-electron chi connectivity index (χ2n) is 4.70. The van der Waals surface area contributed by atoms with Crippen LogP contribution in [0.2, 0.25) is 0 Å². The number of aromatic nitrogens is 1. The first-order valence-corrected chi connectivity index (χ1v) is 6.13. The van der Waals surface area contributed by atoms with Crippen LogP contribution in [-0.2, 0) is 4.74 Å². The molecule has 0 amide bonds. The largest absolute Gasteiger partial charge is 0.381 e. The van der Waals surface area contributed by atoms with Gasteiger partial charge in [0.1, 0.15) is 5.82 Å².